The second-order valence-electron chi connectivity index (χ2n) is 5.53. The van der Waals surface area contributed by atoms with Crippen LogP contribution in [0.3, 0.4) is 0 Å². The van der Waals surface area contributed by atoms with E-state index in [0.717, 1.165) is 22.3 Å². The maximum Gasteiger partial charge on any atom is 0.434 e. The predicted octanol–water partition coefficient (Wildman–Crippen LogP) is 3.40. The van der Waals surface area contributed by atoms with Gasteiger partial charge in [-0.2, -0.15) is 13.2 Å². The zero-order valence-corrected chi connectivity index (χ0v) is 15.6. The van der Waals surface area contributed by atoms with Gasteiger partial charge in [0.1, 0.15) is 5.82 Å². The SMILES string of the molecule is CN=C(NCCc1nc(C(F)(F)F)cs1)NCC(OC)c1ccc(F)cc1. The fraction of sp³-hybridized carbons (Fsp3) is 0.412. The van der Waals surface area contributed by atoms with Gasteiger partial charge < -0.3 is 15.4 Å². The van der Waals surface area contributed by atoms with E-state index in [1.54, 1.807) is 26.3 Å². The summed E-state index contributed by atoms with van der Waals surface area (Å²) in [5.41, 5.74) is -0.0587. The molecule has 5 nitrogen and oxygen atoms in total. The Kier molecular flexibility index (Phi) is 7.55. The minimum atomic E-state index is -4.42. The van der Waals surface area contributed by atoms with Crippen molar-refractivity contribution in [2.24, 2.45) is 4.99 Å². The van der Waals surface area contributed by atoms with Gasteiger partial charge in [-0.25, -0.2) is 9.37 Å². The summed E-state index contributed by atoms with van der Waals surface area (Å²) < 4.78 is 56.0. The zero-order chi connectivity index (χ0) is 19.9. The molecule has 0 saturated heterocycles. The Balaban J connectivity index is 1.81. The van der Waals surface area contributed by atoms with E-state index in [9.17, 15) is 17.6 Å². The third-order valence-corrected chi connectivity index (χ3v) is 4.59. The summed E-state index contributed by atoms with van der Waals surface area (Å²) in [5.74, 6) is 0.154. The number of rotatable bonds is 7. The molecule has 0 aliphatic carbocycles. The van der Waals surface area contributed by atoms with Gasteiger partial charge in [0.15, 0.2) is 11.7 Å². The molecule has 0 saturated carbocycles. The number of hydrogen-bond acceptors (Lipinski definition) is 4. The van der Waals surface area contributed by atoms with Crippen LogP contribution in [0.15, 0.2) is 34.6 Å². The Morgan fingerprint density at radius 1 is 1.26 bits per heavy atom. The Morgan fingerprint density at radius 3 is 2.52 bits per heavy atom. The number of ether oxygens (including phenoxy) is 1. The minimum absolute atomic E-state index is 0.308. The molecule has 1 aromatic carbocycles. The van der Waals surface area contributed by atoms with Gasteiger partial charge in [0, 0.05) is 39.0 Å². The van der Waals surface area contributed by atoms with Gasteiger partial charge in [-0.15, -0.1) is 11.3 Å². The Bertz CT molecular complexity index is 746. The summed E-state index contributed by atoms with van der Waals surface area (Å²) in [6, 6.07) is 6.00. The van der Waals surface area contributed by atoms with Crippen LogP contribution in [0.5, 0.6) is 0 Å². The number of guanidine groups is 1. The van der Waals surface area contributed by atoms with Crippen LogP contribution in [0.2, 0.25) is 0 Å². The molecular formula is C17H20F4N4OS. The van der Waals surface area contributed by atoms with E-state index >= 15 is 0 Å². The average Bonchev–Trinajstić information content (AvgIpc) is 3.11. The average molecular weight is 404 g/mol. The third kappa shape index (κ3) is 6.47. The highest BCUT2D eigenvalue weighted by Crippen LogP contribution is 2.30. The van der Waals surface area contributed by atoms with E-state index in [2.05, 4.69) is 20.6 Å². The lowest BCUT2D eigenvalue weighted by Gasteiger charge is -2.18. The summed E-state index contributed by atoms with van der Waals surface area (Å²) in [6.07, 6.45) is -4.39. The molecule has 148 valence electrons. The quantitative estimate of drug-likeness (QED) is 0.422. The van der Waals surface area contributed by atoms with Crippen molar-refractivity contribution in [2.45, 2.75) is 18.7 Å². The summed E-state index contributed by atoms with van der Waals surface area (Å²) >= 11 is 0.974. The molecule has 27 heavy (non-hydrogen) atoms. The first-order valence-electron chi connectivity index (χ1n) is 8.08. The smallest absolute Gasteiger partial charge is 0.375 e. The number of halogens is 4. The highest BCUT2D eigenvalue weighted by atomic mass is 32.1. The van der Waals surface area contributed by atoms with Crippen molar-refractivity contribution in [3.63, 3.8) is 0 Å². The predicted molar refractivity (Wildman–Crippen MR) is 96.3 cm³/mol. The van der Waals surface area contributed by atoms with Gasteiger partial charge in [-0.3, -0.25) is 4.99 Å². The van der Waals surface area contributed by atoms with Crippen molar-refractivity contribution in [3.05, 3.63) is 51.7 Å². The Labute approximate surface area is 158 Å². The van der Waals surface area contributed by atoms with Crippen LogP contribution in [-0.4, -0.2) is 38.2 Å². The molecule has 0 bridgehead atoms. The van der Waals surface area contributed by atoms with E-state index in [1.165, 1.54) is 12.1 Å². The van der Waals surface area contributed by atoms with Crippen LogP contribution in [0.25, 0.3) is 0 Å². The van der Waals surface area contributed by atoms with Crippen LogP contribution >= 0.6 is 11.3 Å². The van der Waals surface area contributed by atoms with E-state index in [-0.39, 0.29) is 11.9 Å². The number of benzene rings is 1. The molecule has 1 atom stereocenters. The summed E-state index contributed by atoms with van der Waals surface area (Å²) in [6.45, 7) is 0.760. The molecule has 2 rings (SSSR count). The molecule has 0 aliphatic rings. The largest absolute Gasteiger partial charge is 0.434 e. The van der Waals surface area contributed by atoms with Gasteiger partial charge in [0.05, 0.1) is 11.1 Å². The number of thiazole rings is 1. The van der Waals surface area contributed by atoms with Crippen LogP contribution in [0.1, 0.15) is 22.4 Å². The number of methoxy groups -OCH3 is 1. The molecule has 0 amide bonds. The van der Waals surface area contributed by atoms with Crippen molar-refractivity contribution in [2.75, 3.05) is 27.2 Å². The maximum absolute atomic E-state index is 13.0. The van der Waals surface area contributed by atoms with Crippen LogP contribution in [0.4, 0.5) is 17.6 Å². The van der Waals surface area contributed by atoms with Crippen molar-refractivity contribution < 1.29 is 22.3 Å². The summed E-state index contributed by atoms with van der Waals surface area (Å²) in [5, 5.41) is 7.49. The highest BCUT2D eigenvalue weighted by molar-refractivity contribution is 7.09. The van der Waals surface area contributed by atoms with Crippen LogP contribution in [-0.2, 0) is 17.3 Å². The maximum atomic E-state index is 13.0. The minimum Gasteiger partial charge on any atom is -0.375 e. The number of nitrogens with one attached hydrogen (secondary N) is 2. The lowest BCUT2D eigenvalue weighted by Crippen LogP contribution is -2.40. The van der Waals surface area contributed by atoms with Crippen molar-refractivity contribution >= 4 is 17.3 Å². The van der Waals surface area contributed by atoms with Crippen molar-refractivity contribution in [1.29, 1.82) is 0 Å². The third-order valence-electron chi connectivity index (χ3n) is 3.68. The molecule has 0 aliphatic heterocycles. The van der Waals surface area contributed by atoms with E-state index in [1.807, 2.05) is 0 Å². The van der Waals surface area contributed by atoms with Gasteiger partial charge in [-0.05, 0) is 17.7 Å². The number of hydrogen-bond donors (Lipinski definition) is 2. The van der Waals surface area contributed by atoms with Crippen LogP contribution < -0.4 is 10.6 Å². The molecule has 1 aromatic heterocycles. The van der Waals surface area contributed by atoms with Gasteiger partial charge in [-0.1, -0.05) is 12.1 Å². The van der Waals surface area contributed by atoms with Crippen molar-refractivity contribution in [3.8, 4) is 0 Å². The normalized spacial score (nSPS) is 13.5. The van der Waals surface area contributed by atoms with Crippen LogP contribution in [0, 0.1) is 5.82 Å². The molecule has 0 fully saturated rings. The summed E-state index contributed by atoms with van der Waals surface area (Å²) in [7, 11) is 3.13. The Hall–Kier alpha value is -2.20. The first kappa shape index (κ1) is 21.1. The second kappa shape index (κ2) is 9.65. The highest BCUT2D eigenvalue weighted by Gasteiger charge is 2.33. The first-order chi connectivity index (χ1) is 12.8. The zero-order valence-electron chi connectivity index (χ0n) is 14.8. The van der Waals surface area contributed by atoms with E-state index < -0.39 is 11.9 Å². The van der Waals surface area contributed by atoms with Gasteiger partial charge in [0.25, 0.3) is 0 Å². The standard InChI is InChI=1S/C17H20F4N4OS/c1-22-16(23-8-7-15-25-14(10-27-15)17(19,20)21)24-9-13(26-2)11-3-5-12(18)6-4-11/h3-6,10,13H,7-9H2,1-2H3,(H2,22,23,24). The number of alkyl halides is 3. The second-order valence-corrected chi connectivity index (χ2v) is 6.47. The number of aliphatic imine (C=N–C) groups is 1. The molecule has 2 N–H and O–H groups in total. The summed E-state index contributed by atoms with van der Waals surface area (Å²) in [4.78, 5) is 7.64. The topological polar surface area (TPSA) is 58.5 Å². The van der Waals surface area contributed by atoms with E-state index in [0.29, 0.717) is 30.5 Å². The Morgan fingerprint density at radius 2 is 1.96 bits per heavy atom. The van der Waals surface area contributed by atoms with Gasteiger partial charge >= 0.3 is 6.18 Å². The molecule has 1 unspecified atom stereocenters. The lowest BCUT2D eigenvalue weighted by molar-refractivity contribution is -0.140. The molecular weight excluding hydrogens is 384 g/mol. The molecule has 0 radical (unpaired) electrons. The fourth-order valence-corrected chi connectivity index (χ4v) is 3.07. The number of nitrogens with zero attached hydrogens (tertiary/aromatic N) is 2. The molecule has 2 aromatic rings. The lowest BCUT2D eigenvalue weighted by atomic mass is 10.1. The molecule has 1 heterocycles. The monoisotopic (exact) mass is 404 g/mol. The van der Waals surface area contributed by atoms with E-state index in [4.69, 9.17) is 4.74 Å². The number of aromatic nitrogens is 1. The fourth-order valence-electron chi connectivity index (χ4n) is 2.27. The van der Waals surface area contributed by atoms with Crippen molar-refractivity contribution in [1.82, 2.24) is 15.6 Å². The van der Waals surface area contributed by atoms with Gasteiger partial charge in [0.2, 0.25) is 0 Å². The molecule has 10 heteroatoms. The first-order valence-corrected chi connectivity index (χ1v) is 8.96. The molecule has 0 spiro atoms.